The third-order valence-corrected chi connectivity index (χ3v) is 6.56. The van der Waals surface area contributed by atoms with Crippen LogP contribution in [0.5, 0.6) is 5.75 Å². The first-order valence-corrected chi connectivity index (χ1v) is 12.0. The van der Waals surface area contributed by atoms with E-state index in [1.807, 2.05) is 25.1 Å². The van der Waals surface area contributed by atoms with Crippen molar-refractivity contribution in [2.75, 3.05) is 31.8 Å². The van der Waals surface area contributed by atoms with Crippen LogP contribution in [0.1, 0.15) is 74.0 Å². The topological polar surface area (TPSA) is 68.3 Å². The Hall–Kier alpha value is -2.62. The lowest BCUT2D eigenvalue weighted by Gasteiger charge is -2.26. The summed E-state index contributed by atoms with van der Waals surface area (Å²) < 4.78 is 11.4. The number of terminal acetylenes is 1. The number of rotatable bonds is 9. The number of hydrogen-bond donors (Lipinski definition) is 2. The second-order valence-corrected chi connectivity index (χ2v) is 9.07. The highest BCUT2D eigenvalue weighted by Crippen LogP contribution is 2.54. The number of piperidine rings is 1. The molecular formula is C26H32N4O2. The number of nitrogens with one attached hydrogen (secondary N) is 2. The van der Waals surface area contributed by atoms with E-state index in [-0.39, 0.29) is 6.79 Å². The molecule has 0 spiro atoms. The molecule has 3 fully saturated rings. The Labute approximate surface area is 190 Å². The second-order valence-electron chi connectivity index (χ2n) is 9.07. The molecule has 2 aromatic rings. The van der Waals surface area contributed by atoms with E-state index < -0.39 is 0 Å². The van der Waals surface area contributed by atoms with Crippen LogP contribution in [0.4, 0.5) is 5.82 Å². The minimum atomic E-state index is 0.188. The molecule has 2 N–H and O–H groups in total. The number of aromatic nitrogens is 2. The third-order valence-electron chi connectivity index (χ3n) is 6.56. The molecule has 0 unspecified atom stereocenters. The molecule has 2 saturated carbocycles. The molecule has 6 nitrogen and oxygen atoms in total. The predicted octanol–water partition coefficient (Wildman–Crippen LogP) is 4.42. The minimum Gasteiger partial charge on any atom is -0.467 e. The molecule has 1 atom stereocenters. The minimum absolute atomic E-state index is 0.188. The fourth-order valence-electron chi connectivity index (χ4n) is 4.62. The van der Waals surface area contributed by atoms with Gasteiger partial charge in [0, 0.05) is 35.9 Å². The Kier molecular flexibility index (Phi) is 6.29. The van der Waals surface area contributed by atoms with Crippen molar-refractivity contribution >= 4 is 5.82 Å². The smallest absolute Gasteiger partial charge is 0.189 e. The van der Waals surface area contributed by atoms with E-state index in [1.165, 1.54) is 49.7 Å². The molecule has 5 rings (SSSR count). The molecule has 1 aromatic carbocycles. The Morgan fingerprint density at radius 1 is 1.12 bits per heavy atom. The van der Waals surface area contributed by atoms with E-state index in [9.17, 15) is 0 Å². The zero-order chi connectivity index (χ0) is 21.9. The molecule has 168 valence electrons. The van der Waals surface area contributed by atoms with Crippen molar-refractivity contribution in [2.45, 2.75) is 63.3 Å². The lowest BCUT2D eigenvalue weighted by atomic mass is 9.94. The first-order valence-electron chi connectivity index (χ1n) is 12.0. The standard InChI is InChI=1S/C26H32N4O2/c1-3-17-7-12-21(22(14-17)32-16-31-4-2)25-23(18-8-9-18)24(19-10-11-19)26(30-29-25)28-20-6-5-13-27-15-20/h1,7,12,14,18-20,27H,4-6,8-11,13,15-16H2,2H3,(H,28,30)/t20-/m1/s1. The van der Waals surface area contributed by atoms with Gasteiger partial charge in [0.05, 0.1) is 0 Å². The van der Waals surface area contributed by atoms with Crippen LogP contribution in [0.25, 0.3) is 11.3 Å². The van der Waals surface area contributed by atoms with Gasteiger partial charge in [0.25, 0.3) is 0 Å². The largest absolute Gasteiger partial charge is 0.467 e. The van der Waals surface area contributed by atoms with Gasteiger partial charge in [-0.15, -0.1) is 16.6 Å². The number of benzene rings is 1. The van der Waals surface area contributed by atoms with Gasteiger partial charge in [0.15, 0.2) is 12.6 Å². The van der Waals surface area contributed by atoms with Crippen molar-refractivity contribution in [1.82, 2.24) is 15.5 Å². The van der Waals surface area contributed by atoms with Crippen molar-refractivity contribution in [2.24, 2.45) is 0 Å². The van der Waals surface area contributed by atoms with Crippen LogP contribution in [-0.2, 0) is 4.74 Å². The molecule has 3 aliphatic rings. The maximum absolute atomic E-state index is 5.99. The summed E-state index contributed by atoms with van der Waals surface area (Å²) in [6, 6.07) is 6.30. The summed E-state index contributed by atoms with van der Waals surface area (Å²) in [5.74, 6) is 5.54. The van der Waals surface area contributed by atoms with E-state index in [2.05, 4.69) is 16.6 Å². The molecule has 2 aliphatic carbocycles. The van der Waals surface area contributed by atoms with Crippen molar-refractivity contribution < 1.29 is 9.47 Å². The Balaban J connectivity index is 1.56. The van der Waals surface area contributed by atoms with Gasteiger partial charge < -0.3 is 20.1 Å². The van der Waals surface area contributed by atoms with Crippen LogP contribution in [-0.4, -0.2) is 42.7 Å². The van der Waals surface area contributed by atoms with Crippen LogP contribution in [0.15, 0.2) is 18.2 Å². The highest BCUT2D eigenvalue weighted by molar-refractivity contribution is 5.75. The Morgan fingerprint density at radius 3 is 2.62 bits per heavy atom. The van der Waals surface area contributed by atoms with Crippen LogP contribution < -0.4 is 15.4 Å². The van der Waals surface area contributed by atoms with Gasteiger partial charge in [-0.1, -0.05) is 5.92 Å². The SMILES string of the molecule is C#Cc1ccc(-c2nnc(N[C@@H]3CCCNC3)c(C3CC3)c2C2CC2)c(OCOCC)c1. The highest BCUT2D eigenvalue weighted by atomic mass is 16.7. The van der Waals surface area contributed by atoms with Crippen molar-refractivity contribution in [3.63, 3.8) is 0 Å². The quantitative estimate of drug-likeness (QED) is 0.347. The average molecular weight is 433 g/mol. The first-order chi connectivity index (χ1) is 15.8. The maximum Gasteiger partial charge on any atom is 0.189 e. The zero-order valence-corrected chi connectivity index (χ0v) is 18.8. The number of anilines is 1. The molecule has 0 bridgehead atoms. The van der Waals surface area contributed by atoms with Crippen molar-refractivity contribution in [3.8, 4) is 29.4 Å². The third kappa shape index (κ3) is 4.60. The summed E-state index contributed by atoms with van der Waals surface area (Å²) in [5.41, 5.74) is 5.43. The normalized spacial score (nSPS) is 20.6. The van der Waals surface area contributed by atoms with Crippen LogP contribution >= 0.6 is 0 Å². The molecule has 32 heavy (non-hydrogen) atoms. The Bertz CT molecular complexity index is 1000. The van der Waals surface area contributed by atoms with Gasteiger partial charge in [-0.3, -0.25) is 0 Å². The molecule has 1 aromatic heterocycles. The van der Waals surface area contributed by atoms with E-state index in [0.717, 1.165) is 35.7 Å². The lowest BCUT2D eigenvalue weighted by Crippen LogP contribution is -2.39. The predicted molar refractivity (Wildman–Crippen MR) is 126 cm³/mol. The summed E-state index contributed by atoms with van der Waals surface area (Å²) >= 11 is 0. The van der Waals surface area contributed by atoms with E-state index in [4.69, 9.17) is 26.1 Å². The summed E-state index contributed by atoms with van der Waals surface area (Å²) in [5, 5.41) is 16.8. The summed E-state index contributed by atoms with van der Waals surface area (Å²) in [4.78, 5) is 0. The van der Waals surface area contributed by atoms with E-state index in [0.29, 0.717) is 30.2 Å². The van der Waals surface area contributed by atoms with Gasteiger partial charge in [-0.05, 0) is 87.6 Å². The molecule has 1 saturated heterocycles. The zero-order valence-electron chi connectivity index (χ0n) is 18.8. The molecule has 1 aliphatic heterocycles. The highest BCUT2D eigenvalue weighted by Gasteiger charge is 2.39. The van der Waals surface area contributed by atoms with Crippen LogP contribution in [0, 0.1) is 12.3 Å². The van der Waals surface area contributed by atoms with Crippen LogP contribution in [0.3, 0.4) is 0 Å². The maximum atomic E-state index is 5.99. The molecule has 0 amide bonds. The van der Waals surface area contributed by atoms with Crippen molar-refractivity contribution in [3.05, 3.63) is 34.9 Å². The van der Waals surface area contributed by atoms with Gasteiger partial charge in [-0.25, -0.2) is 0 Å². The number of hydrogen-bond acceptors (Lipinski definition) is 6. The Morgan fingerprint density at radius 2 is 1.94 bits per heavy atom. The summed E-state index contributed by atoms with van der Waals surface area (Å²) in [7, 11) is 0. The average Bonchev–Trinajstić information content (AvgIpc) is 3.73. The van der Waals surface area contributed by atoms with Crippen molar-refractivity contribution in [1.29, 1.82) is 0 Å². The summed E-state index contributed by atoms with van der Waals surface area (Å²) in [6.45, 7) is 4.82. The molecule has 2 heterocycles. The summed E-state index contributed by atoms with van der Waals surface area (Å²) in [6.07, 6.45) is 12.9. The fourth-order valence-corrected chi connectivity index (χ4v) is 4.62. The fraction of sp³-hybridized carbons (Fsp3) is 0.538. The first kappa shape index (κ1) is 21.2. The second kappa shape index (κ2) is 9.48. The van der Waals surface area contributed by atoms with Gasteiger partial charge >= 0.3 is 0 Å². The number of ether oxygens (including phenoxy) is 2. The van der Waals surface area contributed by atoms with Gasteiger partial charge in [0.2, 0.25) is 0 Å². The van der Waals surface area contributed by atoms with Gasteiger partial charge in [-0.2, -0.15) is 0 Å². The van der Waals surface area contributed by atoms with Crippen LogP contribution in [0.2, 0.25) is 0 Å². The number of nitrogens with zero attached hydrogens (tertiary/aromatic N) is 2. The lowest BCUT2D eigenvalue weighted by molar-refractivity contribution is 0.0227. The monoisotopic (exact) mass is 432 g/mol. The van der Waals surface area contributed by atoms with E-state index in [1.54, 1.807) is 0 Å². The van der Waals surface area contributed by atoms with Gasteiger partial charge in [0.1, 0.15) is 11.4 Å². The molecular weight excluding hydrogens is 400 g/mol. The molecule has 0 radical (unpaired) electrons. The molecule has 6 heteroatoms. The van der Waals surface area contributed by atoms with E-state index >= 15 is 0 Å².